The number of carbonyl (C=O) groups is 1. The standard InChI is InChI=1S/C7H6ClNO4S/c8-5-2-1-3-6(4-5)9-7(10)14(11,12)13/h1-4H,(H,9,10)(H,11,12,13). The Kier molecular flexibility index (Phi) is 3.10. The summed E-state index contributed by atoms with van der Waals surface area (Å²) in [4.78, 5) is 10.8. The molecule has 0 saturated heterocycles. The molecule has 1 aromatic carbocycles. The third-order valence-electron chi connectivity index (χ3n) is 1.31. The van der Waals surface area contributed by atoms with E-state index in [0.717, 1.165) is 0 Å². The van der Waals surface area contributed by atoms with E-state index in [0.29, 0.717) is 5.02 Å². The Morgan fingerprint density at radius 1 is 1.43 bits per heavy atom. The number of nitrogens with one attached hydrogen (secondary N) is 1. The van der Waals surface area contributed by atoms with E-state index >= 15 is 0 Å². The fourth-order valence-electron chi connectivity index (χ4n) is 0.749. The maximum Gasteiger partial charge on any atom is 0.367 e. The Balaban J connectivity index is 2.86. The molecule has 2 N–H and O–H groups in total. The van der Waals surface area contributed by atoms with E-state index in [9.17, 15) is 13.2 Å². The Hall–Kier alpha value is -1.11. The van der Waals surface area contributed by atoms with Gasteiger partial charge in [0.2, 0.25) is 0 Å². The highest BCUT2D eigenvalue weighted by Gasteiger charge is 2.17. The molecule has 0 heterocycles. The summed E-state index contributed by atoms with van der Waals surface area (Å²) in [6.07, 6.45) is 0. The lowest BCUT2D eigenvalue weighted by Crippen LogP contribution is -2.20. The van der Waals surface area contributed by atoms with Gasteiger partial charge in [-0.15, -0.1) is 0 Å². The molecule has 76 valence electrons. The first kappa shape index (κ1) is 11.0. The minimum Gasteiger partial charge on any atom is -0.311 e. The van der Waals surface area contributed by atoms with Crippen LogP contribution in [0.25, 0.3) is 0 Å². The predicted molar refractivity (Wildman–Crippen MR) is 52.0 cm³/mol. The zero-order valence-electron chi connectivity index (χ0n) is 6.77. The van der Waals surface area contributed by atoms with Crippen LogP contribution >= 0.6 is 11.6 Å². The minimum absolute atomic E-state index is 0.195. The highest BCUT2D eigenvalue weighted by Crippen LogP contribution is 2.15. The van der Waals surface area contributed by atoms with Gasteiger partial charge < -0.3 is 5.32 Å². The molecule has 1 rings (SSSR count). The number of benzene rings is 1. The van der Waals surface area contributed by atoms with Gasteiger partial charge in [-0.2, -0.15) is 8.42 Å². The summed E-state index contributed by atoms with van der Waals surface area (Å²) in [5.41, 5.74) is 0.195. The Labute approximate surface area is 85.4 Å². The van der Waals surface area contributed by atoms with Crippen LogP contribution in [-0.2, 0) is 10.1 Å². The van der Waals surface area contributed by atoms with Gasteiger partial charge in [-0.05, 0) is 18.2 Å². The zero-order chi connectivity index (χ0) is 10.8. The smallest absolute Gasteiger partial charge is 0.311 e. The SMILES string of the molecule is O=C(Nc1cccc(Cl)c1)S(=O)(=O)O. The van der Waals surface area contributed by atoms with E-state index in [2.05, 4.69) is 0 Å². The van der Waals surface area contributed by atoms with Gasteiger partial charge in [-0.1, -0.05) is 17.7 Å². The molecule has 0 saturated carbocycles. The molecular weight excluding hydrogens is 230 g/mol. The topological polar surface area (TPSA) is 83.5 Å². The number of hydrogen-bond donors (Lipinski definition) is 2. The summed E-state index contributed by atoms with van der Waals surface area (Å²) in [6.45, 7) is 0. The van der Waals surface area contributed by atoms with Crippen LogP contribution in [0.2, 0.25) is 5.02 Å². The number of rotatable bonds is 1. The van der Waals surface area contributed by atoms with Crippen LogP contribution in [0.3, 0.4) is 0 Å². The van der Waals surface area contributed by atoms with Crippen molar-refractivity contribution in [3.05, 3.63) is 29.3 Å². The Morgan fingerprint density at radius 2 is 2.07 bits per heavy atom. The first-order chi connectivity index (χ1) is 6.39. The van der Waals surface area contributed by atoms with Gasteiger partial charge >= 0.3 is 15.4 Å². The molecule has 5 nitrogen and oxygen atoms in total. The van der Waals surface area contributed by atoms with Gasteiger partial charge in [0, 0.05) is 10.7 Å². The molecule has 0 atom stereocenters. The maximum absolute atomic E-state index is 10.8. The molecule has 0 unspecified atom stereocenters. The molecule has 0 aliphatic carbocycles. The van der Waals surface area contributed by atoms with Crippen LogP contribution < -0.4 is 5.32 Å². The normalized spacial score (nSPS) is 11.0. The van der Waals surface area contributed by atoms with E-state index in [1.807, 2.05) is 5.32 Å². The zero-order valence-corrected chi connectivity index (χ0v) is 8.34. The predicted octanol–water partition coefficient (Wildman–Crippen LogP) is 1.76. The monoisotopic (exact) mass is 235 g/mol. The van der Waals surface area contributed by atoms with Gasteiger partial charge in [-0.25, -0.2) is 0 Å². The molecule has 7 heteroatoms. The second kappa shape index (κ2) is 3.95. The fraction of sp³-hybridized carbons (Fsp3) is 0. The largest absolute Gasteiger partial charge is 0.367 e. The van der Waals surface area contributed by atoms with Gasteiger partial charge in [0.15, 0.2) is 0 Å². The Bertz CT molecular complexity index is 457. The van der Waals surface area contributed by atoms with Crippen molar-refractivity contribution in [1.29, 1.82) is 0 Å². The van der Waals surface area contributed by atoms with Gasteiger partial charge in [-0.3, -0.25) is 9.35 Å². The van der Waals surface area contributed by atoms with Gasteiger partial charge in [0.05, 0.1) is 0 Å². The van der Waals surface area contributed by atoms with Gasteiger partial charge in [0.25, 0.3) is 0 Å². The lowest BCUT2D eigenvalue weighted by Gasteiger charge is -2.01. The molecule has 1 aromatic rings. The van der Waals surface area contributed by atoms with Crippen LogP contribution in [-0.4, -0.2) is 18.2 Å². The van der Waals surface area contributed by atoms with Crippen LogP contribution in [0.1, 0.15) is 0 Å². The highest BCUT2D eigenvalue weighted by atomic mass is 35.5. The van der Waals surface area contributed by atoms with E-state index < -0.39 is 15.4 Å². The average Bonchev–Trinajstić information content (AvgIpc) is 2.02. The second-order valence-electron chi connectivity index (χ2n) is 2.40. The minimum atomic E-state index is -4.71. The Morgan fingerprint density at radius 3 is 2.57 bits per heavy atom. The van der Waals surface area contributed by atoms with Crippen LogP contribution in [0.5, 0.6) is 0 Å². The summed E-state index contributed by atoms with van der Waals surface area (Å²) < 4.78 is 29.0. The first-order valence-corrected chi connectivity index (χ1v) is 5.25. The van der Waals surface area contributed by atoms with Crippen molar-refractivity contribution < 1.29 is 17.8 Å². The third kappa shape index (κ3) is 2.99. The number of carbonyl (C=O) groups excluding carboxylic acids is 1. The lowest BCUT2D eigenvalue weighted by molar-refractivity contribution is 0.265. The summed E-state index contributed by atoms with van der Waals surface area (Å²) in [6, 6.07) is 5.88. The van der Waals surface area contributed by atoms with Crippen molar-refractivity contribution in [2.45, 2.75) is 0 Å². The van der Waals surface area contributed by atoms with Gasteiger partial charge in [0.1, 0.15) is 0 Å². The van der Waals surface area contributed by atoms with Crippen molar-refractivity contribution >= 4 is 32.6 Å². The molecule has 0 aliphatic rings. The molecule has 14 heavy (non-hydrogen) atoms. The number of anilines is 1. The third-order valence-corrected chi connectivity index (χ3v) is 2.11. The summed E-state index contributed by atoms with van der Waals surface area (Å²) in [5, 5.41) is 0.821. The van der Waals surface area contributed by atoms with E-state index in [4.69, 9.17) is 16.2 Å². The molecule has 0 aliphatic heterocycles. The van der Waals surface area contributed by atoms with E-state index in [1.54, 1.807) is 6.07 Å². The van der Waals surface area contributed by atoms with Crippen molar-refractivity contribution in [3.63, 3.8) is 0 Å². The van der Waals surface area contributed by atoms with Crippen molar-refractivity contribution in [2.75, 3.05) is 5.32 Å². The molecule has 0 radical (unpaired) electrons. The molecule has 0 aromatic heterocycles. The maximum atomic E-state index is 10.8. The van der Waals surface area contributed by atoms with Crippen LogP contribution in [0, 0.1) is 0 Å². The summed E-state index contributed by atoms with van der Waals surface area (Å²) in [5.74, 6) is 0. The van der Waals surface area contributed by atoms with Crippen molar-refractivity contribution in [2.24, 2.45) is 0 Å². The molecule has 0 spiro atoms. The van der Waals surface area contributed by atoms with Crippen molar-refractivity contribution in [1.82, 2.24) is 0 Å². The molecule has 0 bridgehead atoms. The highest BCUT2D eigenvalue weighted by molar-refractivity contribution is 8.01. The number of halogens is 1. The molecule has 1 amide bonds. The lowest BCUT2D eigenvalue weighted by atomic mass is 10.3. The average molecular weight is 236 g/mol. The van der Waals surface area contributed by atoms with Crippen LogP contribution in [0.4, 0.5) is 10.5 Å². The quantitative estimate of drug-likeness (QED) is 0.727. The van der Waals surface area contributed by atoms with E-state index in [-0.39, 0.29) is 5.69 Å². The number of amides is 1. The second-order valence-corrected chi connectivity index (χ2v) is 4.16. The molecular formula is C7H6ClNO4S. The van der Waals surface area contributed by atoms with Crippen LogP contribution in [0.15, 0.2) is 24.3 Å². The first-order valence-electron chi connectivity index (χ1n) is 3.43. The summed E-state index contributed by atoms with van der Waals surface area (Å²) >= 11 is 5.58. The summed E-state index contributed by atoms with van der Waals surface area (Å²) in [7, 11) is -4.71. The number of hydrogen-bond acceptors (Lipinski definition) is 3. The molecule has 0 fully saturated rings. The fourth-order valence-corrected chi connectivity index (χ4v) is 1.19. The van der Waals surface area contributed by atoms with Crippen molar-refractivity contribution in [3.8, 4) is 0 Å². The van der Waals surface area contributed by atoms with E-state index in [1.165, 1.54) is 18.2 Å².